The van der Waals surface area contributed by atoms with E-state index in [9.17, 15) is 9.59 Å². The number of anilines is 1. The number of carbonyl (C=O) groups is 2. The van der Waals surface area contributed by atoms with Crippen LogP contribution in [0.3, 0.4) is 0 Å². The summed E-state index contributed by atoms with van der Waals surface area (Å²) >= 11 is 0. The molecule has 0 aromatic heterocycles. The van der Waals surface area contributed by atoms with E-state index in [4.69, 9.17) is 18.9 Å². The molecular formula is C28H31NO6. The molecule has 0 saturated heterocycles. The van der Waals surface area contributed by atoms with Gasteiger partial charge in [-0.25, -0.2) is 0 Å². The van der Waals surface area contributed by atoms with E-state index in [1.54, 1.807) is 0 Å². The molecule has 2 bridgehead atoms. The van der Waals surface area contributed by atoms with Crippen LogP contribution in [0.25, 0.3) is 0 Å². The van der Waals surface area contributed by atoms with Crippen molar-refractivity contribution in [2.75, 3.05) is 25.1 Å². The molecule has 184 valence electrons. The van der Waals surface area contributed by atoms with Crippen LogP contribution in [-0.2, 0) is 30.2 Å². The van der Waals surface area contributed by atoms with Crippen LogP contribution in [0.4, 0.5) is 5.69 Å². The van der Waals surface area contributed by atoms with Gasteiger partial charge in [0.25, 0.3) is 12.9 Å². The van der Waals surface area contributed by atoms with Gasteiger partial charge in [-0.1, -0.05) is 50.3 Å². The Bertz CT molecular complexity index is 1060. The molecule has 2 aromatic carbocycles. The van der Waals surface area contributed by atoms with E-state index < -0.39 is 5.60 Å². The highest BCUT2D eigenvalue weighted by molar-refractivity contribution is 5.54. The van der Waals surface area contributed by atoms with Crippen molar-refractivity contribution >= 4 is 18.6 Å². The van der Waals surface area contributed by atoms with Gasteiger partial charge in [-0.3, -0.25) is 9.59 Å². The molecule has 3 unspecified atom stereocenters. The van der Waals surface area contributed by atoms with E-state index in [-0.39, 0.29) is 25.4 Å². The number of hydrogen-bond acceptors (Lipinski definition) is 7. The van der Waals surface area contributed by atoms with Crippen molar-refractivity contribution in [1.29, 1.82) is 0 Å². The summed E-state index contributed by atoms with van der Waals surface area (Å²) in [5.74, 6) is 1.28. The van der Waals surface area contributed by atoms with E-state index in [0.717, 1.165) is 28.1 Å². The molecule has 0 fully saturated rings. The normalized spacial score (nSPS) is 21.2. The van der Waals surface area contributed by atoms with Gasteiger partial charge in [0.1, 0.15) is 30.7 Å². The van der Waals surface area contributed by atoms with Crippen LogP contribution >= 0.6 is 0 Å². The molecule has 2 aliphatic rings. The lowest BCUT2D eigenvalue weighted by Gasteiger charge is -2.37. The Balaban J connectivity index is 1.65. The molecule has 7 heteroatoms. The van der Waals surface area contributed by atoms with Crippen LogP contribution < -0.4 is 10.1 Å². The van der Waals surface area contributed by atoms with Crippen molar-refractivity contribution in [2.45, 2.75) is 38.0 Å². The van der Waals surface area contributed by atoms with Crippen molar-refractivity contribution in [1.82, 2.24) is 0 Å². The molecule has 0 aliphatic carbocycles. The van der Waals surface area contributed by atoms with E-state index in [1.165, 1.54) is 0 Å². The zero-order valence-corrected chi connectivity index (χ0v) is 20.0. The molecule has 1 N–H and O–H groups in total. The summed E-state index contributed by atoms with van der Waals surface area (Å²) in [7, 11) is 0. The standard InChI is InChI=1S/C28H31NO6/c1-20(2)15-34-23-10-8-21(9-11-23)14-27(29-22-6-4-3-5-7-22)28-13-12-26(35-28)24(16-32-18-30)25(28)17-33-19-31/h3-13,18-20,26-27,29H,14-17H2,1-2H3. The highest BCUT2D eigenvalue weighted by Gasteiger charge is 2.53. The Morgan fingerprint density at radius 3 is 2.40 bits per heavy atom. The lowest BCUT2D eigenvalue weighted by Crippen LogP contribution is -2.48. The average molecular weight is 478 g/mol. The van der Waals surface area contributed by atoms with E-state index >= 15 is 0 Å². The maximum absolute atomic E-state index is 11.1. The van der Waals surface area contributed by atoms with Gasteiger partial charge < -0.3 is 24.3 Å². The lowest BCUT2D eigenvalue weighted by atomic mass is 9.79. The highest BCUT2D eigenvalue weighted by Crippen LogP contribution is 2.47. The van der Waals surface area contributed by atoms with Gasteiger partial charge >= 0.3 is 0 Å². The molecular weight excluding hydrogens is 446 g/mol. The van der Waals surface area contributed by atoms with Crippen molar-refractivity contribution < 1.29 is 28.5 Å². The molecule has 2 aromatic rings. The number of para-hydroxylation sites is 1. The Morgan fingerprint density at radius 2 is 1.71 bits per heavy atom. The first-order valence-corrected chi connectivity index (χ1v) is 11.8. The topological polar surface area (TPSA) is 83.1 Å². The van der Waals surface area contributed by atoms with Crippen LogP contribution in [0.5, 0.6) is 5.75 Å². The molecule has 0 radical (unpaired) electrons. The van der Waals surface area contributed by atoms with E-state index in [0.29, 0.717) is 31.9 Å². The average Bonchev–Trinajstić information content (AvgIpc) is 3.44. The minimum atomic E-state index is -0.863. The molecule has 4 rings (SSSR count). The fourth-order valence-electron chi connectivity index (χ4n) is 4.59. The minimum Gasteiger partial charge on any atom is -0.493 e. The van der Waals surface area contributed by atoms with E-state index in [2.05, 4.69) is 31.3 Å². The third-order valence-electron chi connectivity index (χ3n) is 6.22. The lowest BCUT2D eigenvalue weighted by molar-refractivity contribution is -0.129. The summed E-state index contributed by atoms with van der Waals surface area (Å²) in [4.78, 5) is 21.9. The molecule has 2 aliphatic heterocycles. The molecule has 3 atom stereocenters. The van der Waals surface area contributed by atoms with Crippen molar-refractivity contribution in [3.8, 4) is 5.75 Å². The van der Waals surface area contributed by atoms with Crippen molar-refractivity contribution in [3.63, 3.8) is 0 Å². The summed E-state index contributed by atoms with van der Waals surface area (Å²) < 4.78 is 22.6. The summed E-state index contributed by atoms with van der Waals surface area (Å²) in [5, 5.41) is 3.63. The predicted octanol–water partition coefficient (Wildman–Crippen LogP) is 4.09. The van der Waals surface area contributed by atoms with Crippen LogP contribution in [0, 0.1) is 5.92 Å². The first kappa shape index (κ1) is 24.5. The van der Waals surface area contributed by atoms with Gasteiger partial charge in [0.15, 0.2) is 0 Å². The number of fused-ring (bicyclic) bond motifs is 2. The molecule has 0 saturated carbocycles. The SMILES string of the molecule is CC(C)COc1ccc(CC(Nc2ccccc2)C23C=CC(O2)C(COC=O)=C3COC=O)cc1. The molecule has 0 spiro atoms. The second-order valence-corrected chi connectivity index (χ2v) is 9.12. The first-order chi connectivity index (χ1) is 17.1. The number of ether oxygens (including phenoxy) is 4. The van der Waals surface area contributed by atoms with Gasteiger partial charge in [-0.2, -0.15) is 0 Å². The maximum atomic E-state index is 11.1. The van der Waals surface area contributed by atoms with Gasteiger partial charge in [0, 0.05) is 16.8 Å². The Hall–Kier alpha value is -3.58. The quantitative estimate of drug-likeness (QED) is 0.324. The largest absolute Gasteiger partial charge is 0.493 e. The highest BCUT2D eigenvalue weighted by atomic mass is 16.5. The smallest absolute Gasteiger partial charge is 0.293 e. The third kappa shape index (κ3) is 5.57. The van der Waals surface area contributed by atoms with Crippen molar-refractivity contribution in [3.05, 3.63) is 83.5 Å². The number of nitrogens with one attached hydrogen (secondary N) is 1. The van der Waals surface area contributed by atoms with Gasteiger partial charge in [0.2, 0.25) is 0 Å². The predicted molar refractivity (Wildman–Crippen MR) is 132 cm³/mol. The van der Waals surface area contributed by atoms with Crippen LogP contribution in [0.15, 0.2) is 77.9 Å². The summed E-state index contributed by atoms with van der Waals surface area (Å²) in [5.41, 5.74) is 2.77. The number of benzene rings is 2. The zero-order valence-electron chi connectivity index (χ0n) is 20.0. The minimum absolute atomic E-state index is 0.0524. The molecule has 35 heavy (non-hydrogen) atoms. The summed E-state index contributed by atoms with van der Waals surface area (Å²) in [6.07, 6.45) is 4.28. The third-order valence-corrected chi connectivity index (χ3v) is 6.22. The second-order valence-electron chi connectivity index (χ2n) is 9.12. The fourth-order valence-corrected chi connectivity index (χ4v) is 4.59. The molecule has 0 amide bonds. The number of rotatable bonds is 14. The monoisotopic (exact) mass is 477 g/mol. The second kappa shape index (κ2) is 11.2. The molecule has 2 heterocycles. The Labute approximate surface area is 205 Å². The zero-order chi connectivity index (χ0) is 24.7. The first-order valence-electron chi connectivity index (χ1n) is 11.8. The van der Waals surface area contributed by atoms with Crippen molar-refractivity contribution in [2.24, 2.45) is 5.92 Å². The Morgan fingerprint density at radius 1 is 1.00 bits per heavy atom. The number of carbonyl (C=O) groups excluding carboxylic acids is 2. The van der Waals surface area contributed by atoms with Crippen LogP contribution in [0.1, 0.15) is 19.4 Å². The summed E-state index contributed by atoms with van der Waals surface area (Å²) in [6.45, 7) is 5.86. The number of hydrogen-bond donors (Lipinski definition) is 1. The Kier molecular flexibility index (Phi) is 7.87. The van der Waals surface area contributed by atoms with Crippen LogP contribution in [0.2, 0.25) is 0 Å². The van der Waals surface area contributed by atoms with Gasteiger partial charge in [-0.15, -0.1) is 0 Å². The van der Waals surface area contributed by atoms with Gasteiger partial charge in [0.05, 0.1) is 12.6 Å². The van der Waals surface area contributed by atoms with Gasteiger partial charge in [-0.05, 0) is 48.2 Å². The molecule has 7 nitrogen and oxygen atoms in total. The van der Waals surface area contributed by atoms with E-state index in [1.807, 2.05) is 54.6 Å². The fraction of sp³-hybridized carbons (Fsp3) is 0.357. The van der Waals surface area contributed by atoms with Crippen LogP contribution in [-0.4, -0.2) is 50.5 Å². The summed E-state index contributed by atoms with van der Waals surface area (Å²) in [6, 6.07) is 17.7. The maximum Gasteiger partial charge on any atom is 0.293 e.